The highest BCUT2D eigenvalue weighted by Gasteiger charge is 2.32. The Bertz CT molecular complexity index is 614. The molecule has 0 aliphatic heterocycles. The molecule has 1 aliphatic rings. The third kappa shape index (κ3) is 2.30. The molecule has 0 unspecified atom stereocenters. The standard InChI is InChI=1S/C15H17N3O/c1-15(2)7-13-12(14(19)8-15)4-6-18(13)9-11-3-5-16-10-17-11/h3-6,10H,7-9H2,1-2H3. The summed E-state index contributed by atoms with van der Waals surface area (Å²) in [5.74, 6) is 0.257. The van der Waals surface area contributed by atoms with E-state index in [-0.39, 0.29) is 11.2 Å². The number of fused-ring (bicyclic) bond motifs is 1. The van der Waals surface area contributed by atoms with Crippen LogP contribution in [0.1, 0.15) is 42.0 Å². The van der Waals surface area contributed by atoms with Crippen LogP contribution in [0.15, 0.2) is 30.9 Å². The Morgan fingerprint density at radius 1 is 1.32 bits per heavy atom. The smallest absolute Gasteiger partial charge is 0.165 e. The molecule has 2 heterocycles. The van der Waals surface area contributed by atoms with Crippen LogP contribution < -0.4 is 0 Å². The van der Waals surface area contributed by atoms with E-state index >= 15 is 0 Å². The van der Waals surface area contributed by atoms with E-state index in [1.165, 1.54) is 0 Å². The zero-order chi connectivity index (χ0) is 13.5. The van der Waals surface area contributed by atoms with Crippen LogP contribution in [-0.2, 0) is 13.0 Å². The van der Waals surface area contributed by atoms with Gasteiger partial charge in [-0.2, -0.15) is 0 Å². The number of carbonyl (C=O) groups excluding carboxylic acids is 1. The van der Waals surface area contributed by atoms with Crippen LogP contribution in [-0.4, -0.2) is 20.3 Å². The predicted octanol–water partition coefficient (Wildman–Crippen LogP) is 2.48. The summed E-state index contributed by atoms with van der Waals surface area (Å²) in [5.41, 5.74) is 3.03. The first-order chi connectivity index (χ1) is 9.05. The molecule has 3 rings (SSSR count). The Balaban J connectivity index is 1.95. The summed E-state index contributed by atoms with van der Waals surface area (Å²) in [6.45, 7) is 4.99. The van der Waals surface area contributed by atoms with Gasteiger partial charge in [0.1, 0.15) is 6.33 Å². The molecule has 4 nitrogen and oxygen atoms in total. The molecule has 0 saturated carbocycles. The first kappa shape index (κ1) is 12.1. The molecule has 2 aromatic rings. The fraction of sp³-hybridized carbons (Fsp3) is 0.400. The van der Waals surface area contributed by atoms with Gasteiger partial charge in [-0.1, -0.05) is 13.8 Å². The molecular formula is C15H17N3O. The lowest BCUT2D eigenvalue weighted by atomic mass is 9.76. The Morgan fingerprint density at radius 2 is 2.16 bits per heavy atom. The number of rotatable bonds is 2. The maximum Gasteiger partial charge on any atom is 0.165 e. The number of carbonyl (C=O) groups is 1. The summed E-state index contributed by atoms with van der Waals surface area (Å²) >= 11 is 0. The largest absolute Gasteiger partial charge is 0.345 e. The Labute approximate surface area is 112 Å². The van der Waals surface area contributed by atoms with E-state index in [1.54, 1.807) is 12.5 Å². The summed E-state index contributed by atoms with van der Waals surface area (Å²) in [6.07, 6.45) is 6.86. The van der Waals surface area contributed by atoms with Gasteiger partial charge >= 0.3 is 0 Å². The van der Waals surface area contributed by atoms with Gasteiger partial charge in [0.15, 0.2) is 5.78 Å². The van der Waals surface area contributed by atoms with E-state index < -0.39 is 0 Å². The third-order valence-electron chi connectivity index (χ3n) is 3.64. The van der Waals surface area contributed by atoms with Crippen molar-refractivity contribution in [3.05, 3.63) is 47.8 Å². The number of hydrogen-bond donors (Lipinski definition) is 0. The van der Waals surface area contributed by atoms with Crippen LogP contribution in [0, 0.1) is 5.41 Å². The molecule has 0 spiro atoms. The monoisotopic (exact) mass is 255 g/mol. The molecule has 0 amide bonds. The molecule has 19 heavy (non-hydrogen) atoms. The molecule has 4 heteroatoms. The number of nitrogens with zero attached hydrogens (tertiary/aromatic N) is 3. The molecule has 2 aromatic heterocycles. The van der Waals surface area contributed by atoms with Gasteiger partial charge in [-0.25, -0.2) is 9.97 Å². The van der Waals surface area contributed by atoms with Gasteiger partial charge < -0.3 is 4.57 Å². The number of Topliss-reactive ketones (excluding diaryl/α,β-unsaturated/α-hetero) is 1. The SMILES string of the molecule is CC1(C)CC(=O)c2ccn(Cc3ccncn3)c2C1. The van der Waals surface area contributed by atoms with Crippen LogP contribution in [0.5, 0.6) is 0 Å². The average Bonchev–Trinajstić information content (AvgIpc) is 2.72. The highest BCUT2D eigenvalue weighted by atomic mass is 16.1. The van der Waals surface area contributed by atoms with Crippen molar-refractivity contribution in [3.8, 4) is 0 Å². The van der Waals surface area contributed by atoms with Crippen molar-refractivity contribution >= 4 is 5.78 Å². The topological polar surface area (TPSA) is 47.8 Å². The van der Waals surface area contributed by atoms with Crippen LogP contribution >= 0.6 is 0 Å². The van der Waals surface area contributed by atoms with Gasteiger partial charge in [-0.05, 0) is 24.0 Å². The third-order valence-corrected chi connectivity index (χ3v) is 3.64. The second-order valence-corrected chi connectivity index (χ2v) is 5.95. The molecule has 0 radical (unpaired) electrons. The quantitative estimate of drug-likeness (QED) is 0.828. The van der Waals surface area contributed by atoms with Crippen molar-refractivity contribution in [2.45, 2.75) is 33.2 Å². The normalized spacial score (nSPS) is 17.3. The molecule has 0 fully saturated rings. The second kappa shape index (κ2) is 4.30. The Hall–Kier alpha value is -1.97. The zero-order valence-corrected chi connectivity index (χ0v) is 11.3. The zero-order valence-electron chi connectivity index (χ0n) is 11.3. The van der Waals surface area contributed by atoms with Crippen molar-refractivity contribution in [1.82, 2.24) is 14.5 Å². The van der Waals surface area contributed by atoms with Crippen LogP contribution in [0.2, 0.25) is 0 Å². The van der Waals surface area contributed by atoms with Gasteiger partial charge in [0.05, 0.1) is 12.2 Å². The number of aromatic nitrogens is 3. The molecule has 98 valence electrons. The molecule has 1 aliphatic carbocycles. The van der Waals surface area contributed by atoms with Crippen molar-refractivity contribution in [2.75, 3.05) is 0 Å². The van der Waals surface area contributed by atoms with Gasteiger partial charge in [0, 0.05) is 30.1 Å². The average molecular weight is 255 g/mol. The van der Waals surface area contributed by atoms with Crippen molar-refractivity contribution in [1.29, 1.82) is 0 Å². The van der Waals surface area contributed by atoms with Crippen LogP contribution in [0.25, 0.3) is 0 Å². The van der Waals surface area contributed by atoms with E-state index in [1.807, 2.05) is 18.3 Å². The van der Waals surface area contributed by atoms with E-state index in [4.69, 9.17) is 0 Å². The van der Waals surface area contributed by atoms with Gasteiger partial charge in [-0.15, -0.1) is 0 Å². The van der Waals surface area contributed by atoms with Crippen molar-refractivity contribution < 1.29 is 4.79 Å². The minimum absolute atomic E-state index is 0.0475. The van der Waals surface area contributed by atoms with E-state index in [0.29, 0.717) is 13.0 Å². The highest BCUT2D eigenvalue weighted by Crippen LogP contribution is 2.35. The van der Waals surface area contributed by atoms with Gasteiger partial charge in [0.25, 0.3) is 0 Å². The molecule has 0 aromatic carbocycles. The van der Waals surface area contributed by atoms with Crippen molar-refractivity contribution in [2.24, 2.45) is 5.41 Å². The Morgan fingerprint density at radius 3 is 2.89 bits per heavy atom. The van der Waals surface area contributed by atoms with E-state index in [0.717, 1.165) is 23.4 Å². The van der Waals surface area contributed by atoms with Crippen LogP contribution in [0.3, 0.4) is 0 Å². The van der Waals surface area contributed by atoms with Crippen LogP contribution in [0.4, 0.5) is 0 Å². The minimum atomic E-state index is 0.0475. The minimum Gasteiger partial charge on any atom is -0.345 e. The van der Waals surface area contributed by atoms with Gasteiger partial charge in [-0.3, -0.25) is 4.79 Å². The second-order valence-electron chi connectivity index (χ2n) is 5.95. The van der Waals surface area contributed by atoms with Gasteiger partial charge in [0.2, 0.25) is 0 Å². The van der Waals surface area contributed by atoms with E-state index in [9.17, 15) is 4.79 Å². The first-order valence-corrected chi connectivity index (χ1v) is 6.51. The fourth-order valence-electron chi connectivity index (χ4n) is 2.74. The summed E-state index contributed by atoms with van der Waals surface area (Å²) in [6, 6.07) is 3.84. The van der Waals surface area contributed by atoms with E-state index in [2.05, 4.69) is 28.4 Å². The van der Waals surface area contributed by atoms with Crippen molar-refractivity contribution in [3.63, 3.8) is 0 Å². The fourth-order valence-corrected chi connectivity index (χ4v) is 2.74. The Kier molecular flexibility index (Phi) is 2.73. The summed E-state index contributed by atoms with van der Waals surface area (Å²) in [4.78, 5) is 20.3. The highest BCUT2D eigenvalue weighted by molar-refractivity contribution is 5.98. The number of ketones is 1. The molecule has 0 atom stereocenters. The number of hydrogen-bond acceptors (Lipinski definition) is 3. The predicted molar refractivity (Wildman–Crippen MR) is 72.0 cm³/mol. The molecule has 0 saturated heterocycles. The maximum atomic E-state index is 12.1. The summed E-state index contributed by atoms with van der Waals surface area (Å²) in [5, 5.41) is 0. The summed E-state index contributed by atoms with van der Waals surface area (Å²) < 4.78 is 2.14. The molecule has 0 bridgehead atoms. The lowest BCUT2D eigenvalue weighted by Gasteiger charge is -2.29. The lowest BCUT2D eigenvalue weighted by molar-refractivity contribution is 0.0910. The maximum absolute atomic E-state index is 12.1. The summed E-state index contributed by atoms with van der Waals surface area (Å²) in [7, 11) is 0. The first-order valence-electron chi connectivity index (χ1n) is 6.51. The molecule has 0 N–H and O–H groups in total. The molecular weight excluding hydrogens is 238 g/mol. The lowest BCUT2D eigenvalue weighted by Crippen LogP contribution is -2.28.